The van der Waals surface area contributed by atoms with Gasteiger partial charge in [-0.1, -0.05) is 13.0 Å². The van der Waals surface area contributed by atoms with Crippen molar-refractivity contribution in [2.24, 2.45) is 0 Å². The normalized spacial score (nSPS) is 18.4. The summed E-state index contributed by atoms with van der Waals surface area (Å²) in [6.45, 7) is 4.23. The first kappa shape index (κ1) is 15.0. The van der Waals surface area contributed by atoms with Crippen LogP contribution in [0.2, 0.25) is 0 Å². The van der Waals surface area contributed by atoms with Gasteiger partial charge >= 0.3 is 0 Å². The van der Waals surface area contributed by atoms with Crippen LogP contribution in [0.5, 0.6) is 0 Å². The molecule has 2 rings (SSSR count). The third-order valence-corrected chi connectivity index (χ3v) is 3.21. The van der Waals surface area contributed by atoms with Crippen molar-refractivity contribution in [1.29, 1.82) is 0 Å². The first-order valence-electron chi connectivity index (χ1n) is 6.88. The number of pyridine rings is 1. The molecule has 1 saturated heterocycles. The third-order valence-electron chi connectivity index (χ3n) is 3.21. The average Bonchev–Trinajstić information content (AvgIpc) is 2.48. The van der Waals surface area contributed by atoms with Gasteiger partial charge in [-0.05, 0) is 25.5 Å². The minimum absolute atomic E-state index is 0.139. The SMILES string of the molecule is CCCNc1cccc(C(=O)N2CC(=O)NC(=O)C2C)n1. The number of piperazine rings is 1. The highest BCUT2D eigenvalue weighted by atomic mass is 16.2. The number of carbonyl (C=O) groups is 3. The Morgan fingerprint density at radius 1 is 1.48 bits per heavy atom. The first-order chi connectivity index (χ1) is 10.0. The van der Waals surface area contributed by atoms with Gasteiger partial charge in [-0.3, -0.25) is 19.7 Å². The molecule has 1 aromatic rings. The molecule has 0 aliphatic carbocycles. The van der Waals surface area contributed by atoms with Crippen LogP contribution in [0, 0.1) is 0 Å². The van der Waals surface area contributed by atoms with Gasteiger partial charge in [0.15, 0.2) is 0 Å². The lowest BCUT2D eigenvalue weighted by Gasteiger charge is -2.31. The van der Waals surface area contributed by atoms with E-state index in [0.29, 0.717) is 5.82 Å². The second kappa shape index (κ2) is 6.34. The van der Waals surface area contributed by atoms with E-state index in [4.69, 9.17) is 0 Å². The maximum absolute atomic E-state index is 12.4. The number of nitrogens with one attached hydrogen (secondary N) is 2. The number of aromatic nitrogens is 1. The highest BCUT2D eigenvalue weighted by Gasteiger charge is 2.34. The van der Waals surface area contributed by atoms with Crippen LogP contribution in [0.15, 0.2) is 18.2 Å². The van der Waals surface area contributed by atoms with Crippen molar-refractivity contribution in [3.05, 3.63) is 23.9 Å². The Morgan fingerprint density at radius 2 is 2.24 bits per heavy atom. The van der Waals surface area contributed by atoms with Gasteiger partial charge in [0.1, 0.15) is 24.1 Å². The van der Waals surface area contributed by atoms with E-state index in [9.17, 15) is 14.4 Å². The molecule has 2 heterocycles. The number of imide groups is 1. The van der Waals surface area contributed by atoms with Crippen LogP contribution >= 0.6 is 0 Å². The molecule has 0 aromatic carbocycles. The molecule has 0 bridgehead atoms. The zero-order chi connectivity index (χ0) is 15.4. The predicted octanol–water partition coefficient (Wildman–Crippen LogP) is 0.391. The van der Waals surface area contributed by atoms with Crippen molar-refractivity contribution in [2.75, 3.05) is 18.4 Å². The van der Waals surface area contributed by atoms with Crippen molar-refractivity contribution < 1.29 is 14.4 Å². The van der Waals surface area contributed by atoms with Crippen molar-refractivity contribution in [1.82, 2.24) is 15.2 Å². The molecule has 7 nitrogen and oxygen atoms in total. The summed E-state index contributed by atoms with van der Waals surface area (Å²) in [5.74, 6) is -0.777. The molecular weight excluding hydrogens is 272 g/mol. The molecule has 0 saturated carbocycles. The summed E-state index contributed by atoms with van der Waals surface area (Å²) >= 11 is 0. The minimum Gasteiger partial charge on any atom is -0.370 e. The zero-order valence-electron chi connectivity index (χ0n) is 12.0. The van der Waals surface area contributed by atoms with Crippen molar-refractivity contribution >= 4 is 23.5 Å². The van der Waals surface area contributed by atoms with E-state index < -0.39 is 23.8 Å². The fourth-order valence-corrected chi connectivity index (χ4v) is 2.01. The quantitative estimate of drug-likeness (QED) is 0.783. The fraction of sp³-hybridized carbons (Fsp3) is 0.429. The number of hydrogen-bond donors (Lipinski definition) is 2. The smallest absolute Gasteiger partial charge is 0.273 e. The van der Waals surface area contributed by atoms with Crippen LogP contribution < -0.4 is 10.6 Å². The minimum atomic E-state index is -0.691. The van der Waals surface area contributed by atoms with Gasteiger partial charge in [0.25, 0.3) is 5.91 Å². The van der Waals surface area contributed by atoms with Crippen molar-refractivity contribution in [3.63, 3.8) is 0 Å². The Hall–Kier alpha value is -2.44. The van der Waals surface area contributed by atoms with Crippen LogP contribution in [0.25, 0.3) is 0 Å². The van der Waals surface area contributed by atoms with Gasteiger partial charge in [-0.2, -0.15) is 0 Å². The lowest BCUT2D eigenvalue weighted by atomic mass is 10.1. The number of rotatable bonds is 4. The van der Waals surface area contributed by atoms with Crippen LogP contribution in [0.3, 0.4) is 0 Å². The number of anilines is 1. The maximum Gasteiger partial charge on any atom is 0.273 e. The van der Waals surface area contributed by atoms with Crippen molar-refractivity contribution in [3.8, 4) is 0 Å². The van der Waals surface area contributed by atoms with Crippen LogP contribution in [-0.2, 0) is 9.59 Å². The number of hydrogen-bond acceptors (Lipinski definition) is 5. The number of carbonyl (C=O) groups excluding carboxylic acids is 3. The van der Waals surface area contributed by atoms with E-state index in [1.165, 1.54) is 4.90 Å². The molecule has 0 spiro atoms. The summed E-state index contributed by atoms with van der Waals surface area (Å²) in [7, 11) is 0. The molecule has 112 valence electrons. The van der Waals surface area contributed by atoms with E-state index in [2.05, 4.69) is 15.6 Å². The van der Waals surface area contributed by atoms with Gasteiger partial charge in [0, 0.05) is 6.54 Å². The summed E-state index contributed by atoms with van der Waals surface area (Å²) in [4.78, 5) is 40.9. The molecule has 1 aromatic heterocycles. The lowest BCUT2D eigenvalue weighted by Crippen LogP contribution is -2.58. The van der Waals surface area contributed by atoms with Crippen LogP contribution in [-0.4, -0.2) is 46.7 Å². The second-order valence-electron chi connectivity index (χ2n) is 4.86. The van der Waals surface area contributed by atoms with E-state index in [-0.39, 0.29) is 12.2 Å². The summed E-state index contributed by atoms with van der Waals surface area (Å²) in [6, 6.07) is 4.37. The third kappa shape index (κ3) is 3.36. The Morgan fingerprint density at radius 3 is 2.95 bits per heavy atom. The molecule has 0 radical (unpaired) electrons. The molecule has 7 heteroatoms. The lowest BCUT2D eigenvalue weighted by molar-refractivity contribution is -0.138. The summed E-state index contributed by atoms with van der Waals surface area (Å²) in [5, 5.41) is 5.29. The van der Waals surface area contributed by atoms with Gasteiger partial charge in [-0.15, -0.1) is 0 Å². The highest BCUT2D eigenvalue weighted by Crippen LogP contribution is 2.12. The fourth-order valence-electron chi connectivity index (χ4n) is 2.01. The van der Waals surface area contributed by atoms with Gasteiger partial charge in [0.2, 0.25) is 11.8 Å². The van der Waals surface area contributed by atoms with E-state index in [1.807, 2.05) is 6.92 Å². The zero-order valence-corrected chi connectivity index (χ0v) is 12.0. The van der Waals surface area contributed by atoms with E-state index >= 15 is 0 Å². The number of nitrogens with zero attached hydrogens (tertiary/aromatic N) is 2. The van der Waals surface area contributed by atoms with Crippen LogP contribution in [0.1, 0.15) is 30.8 Å². The molecule has 1 fully saturated rings. The standard InChI is InChI=1S/C14H18N4O3/c1-3-7-15-11-6-4-5-10(16-11)14(21)18-8-12(19)17-13(20)9(18)2/h4-6,9H,3,7-8H2,1-2H3,(H,15,16)(H,17,19,20). The molecule has 3 amide bonds. The number of amides is 3. The summed E-state index contributed by atoms with van der Waals surface area (Å²) in [6.07, 6.45) is 0.942. The molecule has 1 atom stereocenters. The molecular formula is C14H18N4O3. The molecule has 1 aliphatic rings. The predicted molar refractivity (Wildman–Crippen MR) is 76.7 cm³/mol. The second-order valence-corrected chi connectivity index (χ2v) is 4.86. The first-order valence-corrected chi connectivity index (χ1v) is 6.88. The van der Waals surface area contributed by atoms with Gasteiger partial charge < -0.3 is 10.2 Å². The van der Waals surface area contributed by atoms with Gasteiger partial charge in [-0.25, -0.2) is 4.98 Å². The molecule has 2 N–H and O–H groups in total. The van der Waals surface area contributed by atoms with Gasteiger partial charge in [0.05, 0.1) is 0 Å². The Bertz CT molecular complexity index is 573. The molecule has 1 unspecified atom stereocenters. The van der Waals surface area contributed by atoms with Crippen LogP contribution in [0.4, 0.5) is 5.82 Å². The van der Waals surface area contributed by atoms with E-state index in [1.54, 1.807) is 25.1 Å². The molecule has 1 aliphatic heterocycles. The molecule has 21 heavy (non-hydrogen) atoms. The summed E-state index contributed by atoms with van der Waals surface area (Å²) < 4.78 is 0. The largest absolute Gasteiger partial charge is 0.370 e. The maximum atomic E-state index is 12.4. The Labute approximate surface area is 122 Å². The average molecular weight is 290 g/mol. The monoisotopic (exact) mass is 290 g/mol. The highest BCUT2D eigenvalue weighted by molar-refractivity contribution is 6.06. The Kier molecular flexibility index (Phi) is 4.52. The van der Waals surface area contributed by atoms with E-state index in [0.717, 1.165) is 13.0 Å². The topological polar surface area (TPSA) is 91.4 Å². The Balaban J connectivity index is 2.18. The van der Waals surface area contributed by atoms with Crippen molar-refractivity contribution in [2.45, 2.75) is 26.3 Å². The summed E-state index contributed by atoms with van der Waals surface area (Å²) in [5.41, 5.74) is 0.213.